The number of carbonyl (C=O) groups is 2. The Bertz CT molecular complexity index is 1140. The first-order valence-electron chi connectivity index (χ1n) is 9.85. The number of rotatable bonds is 8. The number of carbonyl (C=O) groups excluding carboxylic acids is 1. The summed E-state index contributed by atoms with van der Waals surface area (Å²) in [6.07, 6.45) is -0.968. The first-order chi connectivity index (χ1) is 15.4. The lowest BCUT2D eigenvalue weighted by atomic mass is 10.0. The number of hydrogen-bond donors (Lipinski definition) is 3. The van der Waals surface area contributed by atoms with E-state index < -0.39 is 35.8 Å². The number of hydrogen-bond acceptors (Lipinski definition) is 5. The van der Waals surface area contributed by atoms with Crippen LogP contribution in [0.1, 0.15) is 18.6 Å². The largest absolute Gasteiger partial charge is 0.505 e. The zero-order chi connectivity index (χ0) is 23.1. The molecule has 0 heterocycles. The number of aromatic hydroxyl groups is 1. The molecule has 0 unspecified atom stereocenters. The normalized spacial score (nSPS) is 13.1. The fourth-order valence-electron chi connectivity index (χ4n) is 3.23. The number of amides is 1. The highest BCUT2D eigenvalue weighted by Crippen LogP contribution is 2.30. The summed E-state index contributed by atoms with van der Waals surface area (Å²) in [6.45, 7) is 1.87. The van der Waals surface area contributed by atoms with Crippen LogP contribution >= 0.6 is 0 Å². The Labute approximate surface area is 183 Å². The minimum atomic E-state index is -1.22. The molecular weight excluding hydrogens is 417 g/mol. The van der Waals surface area contributed by atoms with Crippen LogP contribution in [0.15, 0.2) is 72.8 Å². The molecule has 0 bridgehead atoms. The van der Waals surface area contributed by atoms with Crippen LogP contribution in [0.5, 0.6) is 5.75 Å². The van der Waals surface area contributed by atoms with Gasteiger partial charge >= 0.3 is 12.1 Å². The molecule has 8 heteroatoms. The van der Waals surface area contributed by atoms with Gasteiger partial charge < -0.3 is 19.7 Å². The number of phenols is 1. The monoisotopic (exact) mass is 439 g/mol. The molecule has 1 amide bonds. The van der Waals surface area contributed by atoms with E-state index in [2.05, 4.69) is 5.32 Å². The van der Waals surface area contributed by atoms with Crippen LogP contribution in [0.25, 0.3) is 10.8 Å². The molecule has 0 aromatic heterocycles. The number of benzene rings is 3. The minimum Gasteiger partial charge on any atom is -0.505 e. The molecule has 2 atom stereocenters. The summed E-state index contributed by atoms with van der Waals surface area (Å²) >= 11 is 0. The maximum atomic E-state index is 14.0. The van der Waals surface area contributed by atoms with Gasteiger partial charge in [-0.2, -0.15) is 0 Å². The molecule has 7 nitrogen and oxygen atoms in total. The Morgan fingerprint density at radius 3 is 2.59 bits per heavy atom. The van der Waals surface area contributed by atoms with E-state index in [1.807, 2.05) is 30.3 Å². The molecule has 3 aromatic rings. The quantitative estimate of drug-likeness (QED) is 0.426. The van der Waals surface area contributed by atoms with Crippen molar-refractivity contribution in [3.63, 3.8) is 0 Å². The van der Waals surface area contributed by atoms with Crippen molar-refractivity contribution < 1.29 is 33.7 Å². The van der Waals surface area contributed by atoms with Gasteiger partial charge in [-0.15, -0.1) is 0 Å². The predicted molar refractivity (Wildman–Crippen MR) is 117 cm³/mol. The van der Waals surface area contributed by atoms with Gasteiger partial charge in [0, 0.05) is 18.1 Å². The van der Waals surface area contributed by atoms with Gasteiger partial charge in [0.1, 0.15) is 6.10 Å². The Hall–Kier alpha value is -3.91. The third kappa shape index (κ3) is 5.61. The molecule has 32 heavy (non-hydrogen) atoms. The molecule has 3 N–H and O–H groups in total. The maximum absolute atomic E-state index is 14.0. The summed E-state index contributed by atoms with van der Waals surface area (Å²) in [5.74, 6) is -2.70. The van der Waals surface area contributed by atoms with Gasteiger partial charge in [0.15, 0.2) is 17.7 Å². The first-order valence-corrected chi connectivity index (χ1v) is 9.85. The van der Waals surface area contributed by atoms with Gasteiger partial charge in [-0.05, 0) is 42.1 Å². The van der Waals surface area contributed by atoms with Crippen molar-refractivity contribution in [1.29, 1.82) is 0 Å². The second-order valence-corrected chi connectivity index (χ2v) is 6.81. The number of carboxylic acid groups (broad SMARTS) is 1. The molecule has 3 rings (SSSR count). The van der Waals surface area contributed by atoms with Crippen LogP contribution in [-0.2, 0) is 14.3 Å². The molecule has 3 aromatic carbocycles. The second-order valence-electron chi connectivity index (χ2n) is 6.81. The van der Waals surface area contributed by atoms with E-state index in [4.69, 9.17) is 14.6 Å². The van der Waals surface area contributed by atoms with Crippen LogP contribution < -0.4 is 5.32 Å². The highest BCUT2D eigenvalue weighted by molar-refractivity contribution is 6.00. The number of phenolic OH excluding ortho intramolecular Hbond substituents is 1. The lowest BCUT2D eigenvalue weighted by molar-refractivity contribution is -0.131. The van der Waals surface area contributed by atoms with Crippen molar-refractivity contribution in [3.8, 4) is 5.75 Å². The van der Waals surface area contributed by atoms with Gasteiger partial charge in [-0.25, -0.2) is 14.0 Å². The topological polar surface area (TPSA) is 105 Å². The van der Waals surface area contributed by atoms with E-state index in [-0.39, 0.29) is 12.2 Å². The number of nitrogens with one attached hydrogen (secondary N) is 1. The Balaban J connectivity index is 1.92. The summed E-state index contributed by atoms with van der Waals surface area (Å²) < 4.78 is 25.1. The van der Waals surface area contributed by atoms with Crippen molar-refractivity contribution in [3.05, 3.63) is 84.2 Å². The van der Waals surface area contributed by atoms with Crippen molar-refractivity contribution in [1.82, 2.24) is 0 Å². The Kier molecular flexibility index (Phi) is 7.41. The van der Waals surface area contributed by atoms with E-state index in [1.165, 1.54) is 12.1 Å². The highest BCUT2D eigenvalue weighted by atomic mass is 19.1. The summed E-state index contributed by atoms with van der Waals surface area (Å²) in [5, 5.41) is 22.9. The van der Waals surface area contributed by atoms with Crippen molar-refractivity contribution in [2.24, 2.45) is 0 Å². The minimum absolute atomic E-state index is 0.181. The Morgan fingerprint density at radius 2 is 1.88 bits per heavy atom. The molecule has 0 aliphatic rings. The summed E-state index contributed by atoms with van der Waals surface area (Å²) in [5.41, 5.74) is 0.694. The molecule has 0 aliphatic carbocycles. The fraction of sp³-hybridized carbons (Fsp3) is 0.167. The van der Waals surface area contributed by atoms with Crippen LogP contribution in [0, 0.1) is 5.82 Å². The van der Waals surface area contributed by atoms with Gasteiger partial charge in [0.2, 0.25) is 0 Å². The average Bonchev–Trinajstić information content (AvgIpc) is 2.77. The van der Waals surface area contributed by atoms with Gasteiger partial charge in [-0.1, -0.05) is 42.5 Å². The number of fused-ring (bicyclic) bond motifs is 1. The zero-order valence-electron chi connectivity index (χ0n) is 17.2. The SMILES string of the molecule is CCO[C@H](/C=C/C(=O)O)[C@H](OC(=O)Nc1cccc2ccccc12)c1ccc(O)c(F)c1. The van der Waals surface area contributed by atoms with Crippen molar-refractivity contribution in [2.45, 2.75) is 19.1 Å². The molecule has 0 radical (unpaired) electrons. The molecule has 0 fully saturated rings. The molecule has 0 saturated heterocycles. The molecule has 0 aliphatic heterocycles. The lowest BCUT2D eigenvalue weighted by Gasteiger charge is -2.25. The van der Waals surface area contributed by atoms with Crippen LogP contribution in [0.4, 0.5) is 14.9 Å². The summed E-state index contributed by atoms with van der Waals surface area (Å²) in [4.78, 5) is 23.8. The fourth-order valence-corrected chi connectivity index (χ4v) is 3.23. The van der Waals surface area contributed by atoms with E-state index in [0.29, 0.717) is 5.69 Å². The maximum Gasteiger partial charge on any atom is 0.412 e. The molecule has 0 saturated carbocycles. The van der Waals surface area contributed by atoms with E-state index in [0.717, 1.165) is 29.0 Å². The highest BCUT2D eigenvalue weighted by Gasteiger charge is 2.27. The van der Waals surface area contributed by atoms with Crippen LogP contribution in [0.2, 0.25) is 0 Å². The summed E-state index contributed by atoms with van der Waals surface area (Å²) in [7, 11) is 0. The van der Waals surface area contributed by atoms with E-state index in [1.54, 1.807) is 19.1 Å². The standard InChI is InChI=1S/C24H22FNO6/c1-2-31-21(12-13-22(28)29)23(16-10-11-20(27)18(25)14-16)32-24(30)26-19-9-5-7-15-6-3-4-8-17(15)19/h3-14,21,23,27H,2H2,1H3,(H,26,30)(H,28,29)/b13-12+/t21-,23-/m1/s1. The van der Waals surface area contributed by atoms with Crippen LogP contribution in [-0.4, -0.2) is 35.0 Å². The zero-order valence-corrected chi connectivity index (χ0v) is 17.2. The number of ether oxygens (including phenoxy) is 2. The van der Waals surface area contributed by atoms with E-state index in [9.17, 15) is 19.1 Å². The Morgan fingerprint density at radius 1 is 1.12 bits per heavy atom. The molecular formula is C24H22FNO6. The number of aliphatic carboxylic acids is 1. The van der Waals surface area contributed by atoms with Crippen molar-refractivity contribution >= 4 is 28.5 Å². The third-order valence-corrected chi connectivity index (χ3v) is 4.65. The van der Waals surface area contributed by atoms with Gasteiger partial charge in [0.05, 0.1) is 5.69 Å². The second kappa shape index (κ2) is 10.4. The lowest BCUT2D eigenvalue weighted by Crippen LogP contribution is -2.28. The summed E-state index contributed by atoms with van der Waals surface area (Å²) in [6, 6.07) is 16.3. The first kappa shape index (κ1) is 22.8. The smallest absolute Gasteiger partial charge is 0.412 e. The molecule has 166 valence electrons. The van der Waals surface area contributed by atoms with E-state index >= 15 is 0 Å². The van der Waals surface area contributed by atoms with Gasteiger partial charge in [0.25, 0.3) is 0 Å². The van der Waals surface area contributed by atoms with Gasteiger partial charge in [-0.3, -0.25) is 5.32 Å². The molecule has 0 spiro atoms. The van der Waals surface area contributed by atoms with Crippen LogP contribution in [0.3, 0.4) is 0 Å². The number of anilines is 1. The number of carboxylic acids is 1. The number of halogens is 1. The third-order valence-electron chi connectivity index (χ3n) is 4.65. The average molecular weight is 439 g/mol. The van der Waals surface area contributed by atoms with Crippen molar-refractivity contribution in [2.75, 3.05) is 11.9 Å². The predicted octanol–water partition coefficient (Wildman–Crippen LogP) is 5.02.